The number of benzene rings is 1. The highest BCUT2D eigenvalue weighted by Crippen LogP contribution is 2.01. The van der Waals surface area contributed by atoms with Gasteiger partial charge in [-0.05, 0) is 6.07 Å². The number of nitrogens with zero attached hydrogens (tertiary/aromatic N) is 1. The first-order chi connectivity index (χ1) is 6.36. The largest absolute Gasteiger partial charge is 0.213 e. The van der Waals surface area contributed by atoms with Crippen LogP contribution in [-0.2, 0) is 0 Å². The van der Waals surface area contributed by atoms with Gasteiger partial charge in [-0.25, -0.2) is 4.39 Å². The van der Waals surface area contributed by atoms with Gasteiger partial charge < -0.3 is 0 Å². The second kappa shape index (κ2) is 3.35. The second-order valence-electron chi connectivity index (χ2n) is 2.68. The molecule has 1 aromatic heterocycles. The van der Waals surface area contributed by atoms with Crippen molar-refractivity contribution in [1.82, 2.24) is 0 Å². The van der Waals surface area contributed by atoms with E-state index in [1.807, 2.05) is 41.2 Å². The van der Waals surface area contributed by atoms with Gasteiger partial charge in [0.2, 0.25) is 5.69 Å². The number of rotatable bonds is 1. The van der Waals surface area contributed by atoms with E-state index in [0.29, 0.717) is 0 Å². The molecule has 0 saturated carbocycles. The molecule has 13 heavy (non-hydrogen) atoms. The Morgan fingerprint density at radius 3 is 2.62 bits per heavy atom. The van der Waals surface area contributed by atoms with Gasteiger partial charge in [0, 0.05) is 30.3 Å². The molecule has 1 radical (unpaired) electrons. The summed E-state index contributed by atoms with van der Waals surface area (Å²) in [4.78, 5) is 0. The van der Waals surface area contributed by atoms with Crippen molar-refractivity contribution < 1.29 is 8.96 Å². The smallest absolute Gasteiger partial charge is 0.206 e. The van der Waals surface area contributed by atoms with Gasteiger partial charge in [-0.3, -0.25) is 0 Å². The molecule has 0 bridgehead atoms. The van der Waals surface area contributed by atoms with Crippen LogP contribution in [0.5, 0.6) is 0 Å². The minimum Gasteiger partial charge on any atom is -0.206 e. The van der Waals surface area contributed by atoms with Gasteiger partial charge in [-0.1, -0.05) is 6.07 Å². The van der Waals surface area contributed by atoms with Crippen molar-refractivity contribution >= 4 is 0 Å². The highest BCUT2D eigenvalue weighted by molar-refractivity contribution is 5.21. The third-order valence-electron chi connectivity index (χ3n) is 1.76. The van der Waals surface area contributed by atoms with E-state index in [0.717, 1.165) is 5.69 Å². The fourth-order valence-corrected chi connectivity index (χ4v) is 1.16. The summed E-state index contributed by atoms with van der Waals surface area (Å²) < 4.78 is 14.6. The SMILES string of the molecule is Fc1[c]ccc(-[n+]2ccccc2)c1. The molecule has 2 aromatic rings. The number of pyridine rings is 1. The molecule has 0 amide bonds. The molecule has 0 saturated heterocycles. The number of hydrogen-bond donors (Lipinski definition) is 0. The topological polar surface area (TPSA) is 3.88 Å². The fraction of sp³-hybridized carbons (Fsp3) is 0. The van der Waals surface area contributed by atoms with Crippen LogP contribution >= 0.6 is 0 Å². The molecule has 0 unspecified atom stereocenters. The molecule has 2 rings (SSSR count). The molecular weight excluding hydrogens is 165 g/mol. The van der Waals surface area contributed by atoms with Gasteiger partial charge in [0.15, 0.2) is 12.4 Å². The molecule has 1 heterocycles. The third kappa shape index (κ3) is 1.72. The molecule has 1 nitrogen and oxygen atoms in total. The lowest BCUT2D eigenvalue weighted by Gasteiger charge is -1.93. The van der Waals surface area contributed by atoms with Gasteiger partial charge in [-0.2, -0.15) is 4.57 Å². The van der Waals surface area contributed by atoms with Crippen molar-refractivity contribution in [3.63, 3.8) is 0 Å². The minimum atomic E-state index is -0.339. The zero-order valence-electron chi connectivity index (χ0n) is 6.94. The first kappa shape index (κ1) is 7.92. The van der Waals surface area contributed by atoms with E-state index in [1.165, 1.54) is 6.07 Å². The number of hydrogen-bond acceptors (Lipinski definition) is 0. The van der Waals surface area contributed by atoms with Crippen molar-refractivity contribution in [2.45, 2.75) is 0 Å². The lowest BCUT2D eigenvalue weighted by molar-refractivity contribution is -0.595. The first-order valence-corrected chi connectivity index (χ1v) is 4.00. The number of aromatic nitrogens is 1. The molecule has 0 aliphatic heterocycles. The molecule has 0 atom stereocenters. The van der Waals surface area contributed by atoms with E-state index in [9.17, 15) is 4.39 Å². The van der Waals surface area contributed by atoms with Crippen LogP contribution in [0, 0.1) is 11.9 Å². The Hall–Kier alpha value is -1.70. The number of halogens is 1. The fourth-order valence-electron chi connectivity index (χ4n) is 1.16. The van der Waals surface area contributed by atoms with E-state index in [4.69, 9.17) is 0 Å². The van der Waals surface area contributed by atoms with E-state index in [1.54, 1.807) is 6.07 Å². The molecule has 0 aliphatic rings. The van der Waals surface area contributed by atoms with E-state index in [2.05, 4.69) is 6.07 Å². The highest BCUT2D eigenvalue weighted by atomic mass is 19.1. The molecule has 63 valence electrons. The van der Waals surface area contributed by atoms with E-state index in [-0.39, 0.29) is 5.82 Å². The zero-order chi connectivity index (χ0) is 9.10. The summed E-state index contributed by atoms with van der Waals surface area (Å²) in [6.07, 6.45) is 3.74. The summed E-state index contributed by atoms with van der Waals surface area (Å²) in [5, 5.41) is 0. The Morgan fingerprint density at radius 1 is 1.15 bits per heavy atom. The Morgan fingerprint density at radius 2 is 1.92 bits per heavy atom. The van der Waals surface area contributed by atoms with Crippen molar-refractivity contribution in [2.75, 3.05) is 0 Å². The maximum Gasteiger partial charge on any atom is 0.213 e. The van der Waals surface area contributed by atoms with Gasteiger partial charge in [-0.15, -0.1) is 0 Å². The lowest BCUT2D eigenvalue weighted by atomic mass is 10.3. The maximum absolute atomic E-state index is 12.8. The molecular formula is C11H8FN+. The summed E-state index contributed by atoms with van der Waals surface area (Å²) in [5.74, 6) is -0.339. The van der Waals surface area contributed by atoms with E-state index < -0.39 is 0 Å². The van der Waals surface area contributed by atoms with Gasteiger partial charge in [0.25, 0.3) is 0 Å². The van der Waals surface area contributed by atoms with Crippen LogP contribution in [0.3, 0.4) is 0 Å². The predicted molar refractivity (Wildman–Crippen MR) is 46.8 cm³/mol. The summed E-state index contributed by atoms with van der Waals surface area (Å²) in [7, 11) is 0. The van der Waals surface area contributed by atoms with Crippen LogP contribution in [0.1, 0.15) is 0 Å². The first-order valence-electron chi connectivity index (χ1n) is 4.00. The molecule has 2 heteroatoms. The molecule has 0 spiro atoms. The van der Waals surface area contributed by atoms with Crippen LogP contribution < -0.4 is 4.57 Å². The van der Waals surface area contributed by atoms with Gasteiger partial charge in [0.05, 0.1) is 0 Å². The van der Waals surface area contributed by atoms with E-state index >= 15 is 0 Å². The monoisotopic (exact) mass is 173 g/mol. The van der Waals surface area contributed by atoms with Crippen molar-refractivity contribution in [3.8, 4) is 5.69 Å². The summed E-state index contributed by atoms with van der Waals surface area (Å²) in [5.41, 5.74) is 0.803. The van der Waals surface area contributed by atoms with Crippen LogP contribution in [0.2, 0.25) is 0 Å². The zero-order valence-corrected chi connectivity index (χ0v) is 6.94. The quantitative estimate of drug-likeness (QED) is 0.580. The maximum atomic E-state index is 12.8. The normalized spacial score (nSPS) is 9.92. The summed E-state index contributed by atoms with van der Waals surface area (Å²) >= 11 is 0. The summed E-state index contributed by atoms with van der Waals surface area (Å²) in [6, 6.07) is 13.0. The minimum absolute atomic E-state index is 0.339. The van der Waals surface area contributed by atoms with Crippen molar-refractivity contribution in [3.05, 3.63) is 60.7 Å². The standard InChI is InChI=1S/C11H8FN/c12-10-5-4-6-11(9-10)13-7-2-1-3-8-13/h1-4,6-9H/q+1. The Labute approximate surface area is 76.1 Å². The van der Waals surface area contributed by atoms with Crippen LogP contribution in [0.15, 0.2) is 48.8 Å². The Kier molecular flexibility index (Phi) is 2.04. The molecule has 0 fully saturated rings. The van der Waals surface area contributed by atoms with Crippen LogP contribution in [0.4, 0.5) is 4.39 Å². The second-order valence-corrected chi connectivity index (χ2v) is 2.68. The Balaban J connectivity index is 2.48. The molecule has 0 aliphatic carbocycles. The predicted octanol–water partition coefficient (Wildman–Crippen LogP) is 1.90. The molecule has 1 aromatic carbocycles. The lowest BCUT2D eigenvalue weighted by Crippen LogP contribution is -2.28. The Bertz CT molecular complexity index is 398. The average molecular weight is 173 g/mol. The van der Waals surface area contributed by atoms with Crippen molar-refractivity contribution in [1.29, 1.82) is 0 Å². The summed E-state index contributed by atoms with van der Waals surface area (Å²) in [6.45, 7) is 0. The van der Waals surface area contributed by atoms with Crippen LogP contribution in [0.25, 0.3) is 5.69 Å². The van der Waals surface area contributed by atoms with Gasteiger partial charge in [0.1, 0.15) is 5.82 Å². The van der Waals surface area contributed by atoms with Crippen LogP contribution in [-0.4, -0.2) is 0 Å². The average Bonchev–Trinajstić information content (AvgIpc) is 2.19. The third-order valence-corrected chi connectivity index (χ3v) is 1.76. The highest BCUT2D eigenvalue weighted by Gasteiger charge is 2.03. The van der Waals surface area contributed by atoms with Crippen molar-refractivity contribution in [2.24, 2.45) is 0 Å². The van der Waals surface area contributed by atoms with Gasteiger partial charge >= 0.3 is 0 Å². The molecule has 0 N–H and O–H groups in total.